The zero-order chi connectivity index (χ0) is 18.5. The lowest BCUT2D eigenvalue weighted by Gasteiger charge is -2.53. The van der Waals surface area contributed by atoms with Gasteiger partial charge in [0.1, 0.15) is 5.82 Å². The van der Waals surface area contributed by atoms with Crippen molar-refractivity contribution in [3.63, 3.8) is 0 Å². The fourth-order valence-electron chi connectivity index (χ4n) is 5.04. The Morgan fingerprint density at radius 2 is 1.77 bits per heavy atom. The number of rotatable bonds is 2. The van der Waals surface area contributed by atoms with Gasteiger partial charge in [0.15, 0.2) is 11.6 Å². The van der Waals surface area contributed by atoms with Gasteiger partial charge in [-0.3, -0.25) is 0 Å². The lowest BCUT2D eigenvalue weighted by molar-refractivity contribution is 0.0132. The van der Waals surface area contributed by atoms with Gasteiger partial charge in [0.05, 0.1) is 6.61 Å². The highest BCUT2D eigenvalue weighted by Gasteiger charge is 2.53. The number of benzene rings is 2. The van der Waals surface area contributed by atoms with Gasteiger partial charge in [-0.2, -0.15) is 0 Å². The maximum absolute atomic E-state index is 15.0. The molecule has 4 rings (SSSR count). The molecule has 0 aromatic heterocycles. The Kier molecular flexibility index (Phi) is 4.46. The Labute approximate surface area is 158 Å². The topological polar surface area (TPSA) is 9.23 Å². The standard InChI is InChI=1S/C22H23ClF2O/c1-13-9-10-22(11-15-3-5-16(23)6-4-15)17(14(13)2)12-26-21-19(25)8-7-18(24)20(21)22/h3-8,13-14,17H,9-12H2,1-2H3/t13-,14-,17+,22+/m1/s1. The molecule has 1 aliphatic carbocycles. The van der Waals surface area contributed by atoms with E-state index in [0.717, 1.165) is 18.4 Å². The average molecular weight is 377 g/mol. The van der Waals surface area contributed by atoms with Crippen LogP contribution in [0.25, 0.3) is 0 Å². The van der Waals surface area contributed by atoms with Crippen LogP contribution in [0, 0.1) is 29.4 Å². The Hall–Kier alpha value is -1.61. The minimum atomic E-state index is -0.471. The third-order valence-electron chi connectivity index (χ3n) is 6.68. The van der Waals surface area contributed by atoms with E-state index in [9.17, 15) is 8.78 Å². The van der Waals surface area contributed by atoms with E-state index in [2.05, 4.69) is 13.8 Å². The van der Waals surface area contributed by atoms with E-state index >= 15 is 0 Å². The molecule has 2 aromatic rings. The summed E-state index contributed by atoms with van der Waals surface area (Å²) in [4.78, 5) is 0. The van der Waals surface area contributed by atoms with Crippen LogP contribution in [0.1, 0.15) is 37.8 Å². The van der Waals surface area contributed by atoms with Gasteiger partial charge in [-0.05, 0) is 60.9 Å². The van der Waals surface area contributed by atoms with E-state index < -0.39 is 11.2 Å². The van der Waals surface area contributed by atoms with Crippen molar-refractivity contribution in [1.82, 2.24) is 0 Å². The van der Waals surface area contributed by atoms with Gasteiger partial charge >= 0.3 is 0 Å². The zero-order valence-electron chi connectivity index (χ0n) is 15.1. The Bertz CT molecular complexity index is 820. The maximum atomic E-state index is 15.0. The first kappa shape index (κ1) is 17.8. The Morgan fingerprint density at radius 1 is 1.08 bits per heavy atom. The third kappa shape index (κ3) is 2.72. The van der Waals surface area contributed by atoms with Crippen LogP contribution in [-0.2, 0) is 11.8 Å². The molecular formula is C22H23ClF2O. The molecule has 0 N–H and O–H groups in total. The summed E-state index contributed by atoms with van der Waals surface area (Å²) in [5.74, 6) is 0.359. The minimum Gasteiger partial charge on any atom is -0.490 e. The van der Waals surface area contributed by atoms with Gasteiger partial charge in [0, 0.05) is 21.9 Å². The van der Waals surface area contributed by atoms with Crippen LogP contribution < -0.4 is 4.74 Å². The number of fused-ring (bicyclic) bond motifs is 3. The summed E-state index contributed by atoms with van der Waals surface area (Å²) in [5.41, 5.74) is 1.08. The summed E-state index contributed by atoms with van der Waals surface area (Å²) >= 11 is 6.03. The Balaban J connectivity index is 1.88. The molecule has 2 aromatic carbocycles. The molecule has 0 spiro atoms. The number of halogens is 3. The van der Waals surface area contributed by atoms with Crippen LogP contribution in [0.15, 0.2) is 36.4 Å². The van der Waals surface area contributed by atoms with Crippen molar-refractivity contribution in [2.45, 2.75) is 38.5 Å². The molecule has 0 bridgehead atoms. The van der Waals surface area contributed by atoms with Crippen molar-refractivity contribution in [3.8, 4) is 5.75 Å². The first-order valence-corrected chi connectivity index (χ1v) is 9.66. The molecule has 1 aliphatic heterocycles. The fourth-order valence-corrected chi connectivity index (χ4v) is 5.17. The molecule has 4 atom stereocenters. The van der Waals surface area contributed by atoms with Gasteiger partial charge < -0.3 is 4.74 Å². The summed E-state index contributed by atoms with van der Waals surface area (Å²) in [6.07, 6.45) is 2.51. The molecule has 1 heterocycles. The van der Waals surface area contributed by atoms with Crippen LogP contribution in [0.4, 0.5) is 8.78 Å². The normalized spacial score (nSPS) is 30.3. The predicted octanol–water partition coefficient (Wildman–Crippen LogP) is 6.17. The molecular weight excluding hydrogens is 354 g/mol. The summed E-state index contributed by atoms with van der Waals surface area (Å²) < 4.78 is 35.2. The van der Waals surface area contributed by atoms with E-state index in [4.69, 9.17) is 16.3 Å². The van der Waals surface area contributed by atoms with E-state index in [1.807, 2.05) is 24.3 Å². The number of hydrogen-bond donors (Lipinski definition) is 0. The molecule has 1 saturated carbocycles. The van der Waals surface area contributed by atoms with E-state index in [-0.39, 0.29) is 17.5 Å². The minimum absolute atomic E-state index is 0.108. The quantitative estimate of drug-likeness (QED) is 0.608. The van der Waals surface area contributed by atoms with Crippen LogP contribution in [0.5, 0.6) is 5.75 Å². The monoisotopic (exact) mass is 376 g/mol. The second kappa shape index (κ2) is 6.53. The summed E-state index contributed by atoms with van der Waals surface area (Å²) in [6, 6.07) is 10.1. The van der Waals surface area contributed by atoms with Gasteiger partial charge in [0.2, 0.25) is 0 Å². The van der Waals surface area contributed by atoms with Gasteiger partial charge in [-0.25, -0.2) is 8.78 Å². The molecule has 26 heavy (non-hydrogen) atoms. The van der Waals surface area contributed by atoms with E-state index in [0.29, 0.717) is 35.4 Å². The van der Waals surface area contributed by atoms with Crippen LogP contribution in [0.2, 0.25) is 5.02 Å². The molecule has 0 unspecified atom stereocenters. The Morgan fingerprint density at radius 3 is 2.50 bits per heavy atom. The average Bonchev–Trinajstić information content (AvgIpc) is 2.63. The van der Waals surface area contributed by atoms with E-state index in [1.165, 1.54) is 12.1 Å². The molecule has 0 radical (unpaired) electrons. The molecule has 0 amide bonds. The lowest BCUT2D eigenvalue weighted by atomic mass is 9.53. The lowest BCUT2D eigenvalue weighted by Crippen LogP contribution is -2.52. The highest BCUT2D eigenvalue weighted by Crippen LogP contribution is 2.56. The van der Waals surface area contributed by atoms with Crippen LogP contribution >= 0.6 is 11.6 Å². The molecule has 4 heteroatoms. The zero-order valence-corrected chi connectivity index (χ0v) is 15.8. The van der Waals surface area contributed by atoms with Crippen molar-refractivity contribution >= 4 is 11.6 Å². The third-order valence-corrected chi connectivity index (χ3v) is 6.94. The van der Waals surface area contributed by atoms with Gasteiger partial charge in [-0.15, -0.1) is 0 Å². The van der Waals surface area contributed by atoms with Crippen molar-refractivity contribution < 1.29 is 13.5 Å². The first-order valence-electron chi connectivity index (χ1n) is 9.28. The number of hydrogen-bond acceptors (Lipinski definition) is 1. The smallest absolute Gasteiger partial charge is 0.165 e. The van der Waals surface area contributed by atoms with Crippen molar-refractivity contribution in [2.75, 3.05) is 6.61 Å². The summed E-state index contributed by atoms with van der Waals surface area (Å²) in [5, 5.41) is 0.679. The van der Waals surface area contributed by atoms with Crippen molar-refractivity contribution in [1.29, 1.82) is 0 Å². The maximum Gasteiger partial charge on any atom is 0.165 e. The highest BCUT2D eigenvalue weighted by molar-refractivity contribution is 6.30. The largest absolute Gasteiger partial charge is 0.490 e. The second-order valence-corrected chi connectivity index (χ2v) is 8.42. The highest BCUT2D eigenvalue weighted by atomic mass is 35.5. The van der Waals surface area contributed by atoms with Gasteiger partial charge in [-0.1, -0.05) is 37.6 Å². The van der Waals surface area contributed by atoms with E-state index in [1.54, 1.807) is 0 Å². The SMILES string of the molecule is C[C@@H]1[C@H](C)CC[C@@]2(Cc3ccc(Cl)cc3)c3c(F)ccc(F)c3OC[C@@H]12. The number of ether oxygens (including phenoxy) is 1. The molecule has 1 nitrogen and oxygen atoms in total. The molecule has 0 saturated heterocycles. The van der Waals surface area contributed by atoms with Crippen molar-refractivity contribution in [2.24, 2.45) is 17.8 Å². The van der Waals surface area contributed by atoms with Gasteiger partial charge in [0.25, 0.3) is 0 Å². The summed E-state index contributed by atoms with van der Waals surface area (Å²) in [6.45, 7) is 4.90. The molecule has 2 aliphatic rings. The first-order chi connectivity index (χ1) is 12.4. The molecule has 138 valence electrons. The molecule has 1 fully saturated rings. The van der Waals surface area contributed by atoms with Crippen LogP contribution in [-0.4, -0.2) is 6.61 Å². The predicted molar refractivity (Wildman–Crippen MR) is 99.7 cm³/mol. The second-order valence-electron chi connectivity index (χ2n) is 7.99. The fraction of sp³-hybridized carbons (Fsp3) is 0.455. The van der Waals surface area contributed by atoms with Crippen LogP contribution in [0.3, 0.4) is 0 Å². The summed E-state index contributed by atoms with van der Waals surface area (Å²) in [7, 11) is 0. The van der Waals surface area contributed by atoms with Crippen molar-refractivity contribution in [3.05, 3.63) is 64.2 Å².